The van der Waals surface area contributed by atoms with Crippen molar-refractivity contribution in [2.24, 2.45) is 0 Å². The van der Waals surface area contributed by atoms with Crippen LogP contribution in [0.4, 0.5) is 52.7 Å². The van der Waals surface area contributed by atoms with Crippen molar-refractivity contribution in [2.45, 2.75) is 44.8 Å². The lowest BCUT2D eigenvalue weighted by Crippen LogP contribution is -2.28. The van der Waals surface area contributed by atoms with Crippen LogP contribution < -0.4 is 24.3 Å². The minimum atomic E-state index is -5.79. The Kier molecular flexibility index (Phi) is 7.68. The first kappa shape index (κ1) is 26.6. The summed E-state index contributed by atoms with van der Waals surface area (Å²) in [7, 11) is 0.949. The third kappa shape index (κ3) is 8.66. The zero-order valence-corrected chi connectivity index (χ0v) is 15.0. The quantitative estimate of drug-likeness (QED) is 0.484. The maximum Gasteiger partial charge on any atom is 0.573 e. The zero-order chi connectivity index (χ0) is 24.4. The molecule has 0 saturated carbocycles. The SMILES string of the molecule is CCC(NC)c1c(OC(F)(F)F)c(OC(F)(F)F)cc(OC(F)(F)F)c1OC(F)(F)F. The summed E-state index contributed by atoms with van der Waals surface area (Å²) >= 11 is 0. The lowest BCUT2D eigenvalue weighted by atomic mass is 10.0. The maximum absolute atomic E-state index is 12.8. The van der Waals surface area contributed by atoms with Gasteiger partial charge >= 0.3 is 25.4 Å². The predicted octanol–water partition coefficient (Wildman–Crippen LogP) is 5.95. The van der Waals surface area contributed by atoms with Crippen molar-refractivity contribution in [3.8, 4) is 23.0 Å². The van der Waals surface area contributed by atoms with Crippen LogP contribution in [0.25, 0.3) is 0 Å². The van der Waals surface area contributed by atoms with E-state index in [1.165, 1.54) is 0 Å². The van der Waals surface area contributed by atoms with Crippen LogP contribution in [-0.4, -0.2) is 32.5 Å². The van der Waals surface area contributed by atoms with Crippen molar-refractivity contribution in [2.75, 3.05) is 7.05 Å². The fraction of sp³-hybridized carbons (Fsp3) is 0.571. The van der Waals surface area contributed by atoms with Gasteiger partial charge < -0.3 is 24.3 Å². The fourth-order valence-electron chi connectivity index (χ4n) is 2.33. The smallest absolute Gasteiger partial charge is 0.402 e. The molecule has 0 aliphatic carbocycles. The molecule has 31 heavy (non-hydrogen) atoms. The van der Waals surface area contributed by atoms with Gasteiger partial charge in [0.1, 0.15) is 0 Å². The van der Waals surface area contributed by atoms with Gasteiger partial charge in [0.25, 0.3) is 0 Å². The first-order valence-electron chi connectivity index (χ1n) is 7.67. The molecule has 0 bridgehead atoms. The molecule has 17 heteroatoms. The van der Waals surface area contributed by atoms with Gasteiger partial charge in [-0.2, -0.15) is 0 Å². The van der Waals surface area contributed by atoms with Gasteiger partial charge in [-0.25, -0.2) is 0 Å². The molecule has 0 aliphatic rings. The topological polar surface area (TPSA) is 49.0 Å². The van der Waals surface area contributed by atoms with E-state index < -0.39 is 72.5 Å². The third-order valence-electron chi connectivity index (χ3n) is 3.19. The fourth-order valence-corrected chi connectivity index (χ4v) is 2.33. The average Bonchev–Trinajstić information content (AvgIpc) is 2.49. The first-order chi connectivity index (χ1) is 13.8. The van der Waals surface area contributed by atoms with Gasteiger partial charge in [0.15, 0.2) is 23.0 Å². The summed E-state index contributed by atoms with van der Waals surface area (Å²) in [4.78, 5) is 0. The minimum absolute atomic E-state index is 0.445. The summed E-state index contributed by atoms with van der Waals surface area (Å²) in [6.45, 7) is 1.14. The maximum atomic E-state index is 12.8. The Bertz CT molecular complexity index is 696. The number of hydrogen-bond acceptors (Lipinski definition) is 5. The van der Waals surface area contributed by atoms with E-state index in [1.54, 1.807) is 0 Å². The molecule has 0 aliphatic heterocycles. The van der Waals surface area contributed by atoms with Gasteiger partial charge in [-0.1, -0.05) is 6.92 Å². The number of benzene rings is 1. The number of halogens is 12. The first-order valence-corrected chi connectivity index (χ1v) is 7.67. The van der Waals surface area contributed by atoms with Crippen LogP contribution in [0.5, 0.6) is 23.0 Å². The molecule has 1 N–H and O–H groups in total. The molecule has 0 amide bonds. The second-order valence-corrected chi connectivity index (χ2v) is 5.39. The van der Waals surface area contributed by atoms with Crippen molar-refractivity contribution in [1.29, 1.82) is 0 Å². The number of alkyl halides is 12. The van der Waals surface area contributed by atoms with Crippen LogP contribution in [0.2, 0.25) is 0 Å². The molecule has 1 rings (SSSR count). The van der Waals surface area contributed by atoms with Crippen molar-refractivity contribution in [1.82, 2.24) is 5.32 Å². The number of rotatable bonds is 7. The molecule has 180 valence electrons. The normalized spacial score (nSPS) is 14.3. The molecule has 0 aromatic heterocycles. The standard InChI is InChI=1S/C14H11F12NO4/c1-3-5(27-2)8-9(30-13(21,22)23)6(28-11(15,16)17)4-7(29-12(18,19)20)10(8)31-14(24,25)26/h4-5,27H,3H2,1-2H3. The van der Waals surface area contributed by atoms with E-state index in [1.807, 2.05) is 0 Å². The number of ether oxygens (including phenoxy) is 4. The second-order valence-electron chi connectivity index (χ2n) is 5.39. The van der Waals surface area contributed by atoms with E-state index in [4.69, 9.17) is 0 Å². The highest BCUT2D eigenvalue weighted by Gasteiger charge is 2.44. The molecule has 1 unspecified atom stereocenters. The van der Waals surface area contributed by atoms with E-state index in [-0.39, 0.29) is 0 Å². The van der Waals surface area contributed by atoms with E-state index >= 15 is 0 Å². The molecule has 1 atom stereocenters. The Hall–Kier alpha value is -2.46. The Morgan fingerprint density at radius 2 is 1.00 bits per heavy atom. The monoisotopic (exact) mass is 485 g/mol. The van der Waals surface area contributed by atoms with E-state index in [9.17, 15) is 52.7 Å². The Balaban J connectivity index is 4.06. The van der Waals surface area contributed by atoms with Crippen molar-refractivity contribution >= 4 is 0 Å². The van der Waals surface area contributed by atoms with Crippen LogP contribution in [0.1, 0.15) is 24.9 Å². The molecule has 0 radical (unpaired) electrons. The van der Waals surface area contributed by atoms with Gasteiger partial charge in [0, 0.05) is 12.1 Å². The summed E-state index contributed by atoms with van der Waals surface area (Å²) in [5.74, 6) is -8.14. The van der Waals surface area contributed by atoms with E-state index in [2.05, 4.69) is 24.3 Å². The van der Waals surface area contributed by atoms with Crippen molar-refractivity contribution < 1.29 is 71.6 Å². The predicted molar refractivity (Wildman–Crippen MR) is 75.3 cm³/mol. The van der Waals surface area contributed by atoms with Gasteiger partial charge in [-0.15, -0.1) is 52.7 Å². The van der Waals surface area contributed by atoms with E-state index in [0.29, 0.717) is 0 Å². The molecule has 0 saturated heterocycles. The van der Waals surface area contributed by atoms with Crippen LogP contribution in [0.15, 0.2) is 6.07 Å². The Morgan fingerprint density at radius 1 is 0.677 bits per heavy atom. The van der Waals surface area contributed by atoms with Crippen LogP contribution in [0, 0.1) is 0 Å². The molecular weight excluding hydrogens is 474 g/mol. The van der Waals surface area contributed by atoms with Crippen molar-refractivity contribution in [3.05, 3.63) is 11.6 Å². The molecule has 0 heterocycles. The van der Waals surface area contributed by atoms with Gasteiger partial charge in [-0.05, 0) is 13.5 Å². The summed E-state index contributed by atoms with van der Waals surface area (Å²) in [6, 6.07) is -2.25. The molecule has 1 aromatic carbocycles. The molecule has 1 aromatic rings. The average molecular weight is 485 g/mol. The van der Waals surface area contributed by atoms with Crippen LogP contribution in [-0.2, 0) is 0 Å². The second kappa shape index (κ2) is 8.96. The highest BCUT2D eigenvalue weighted by molar-refractivity contribution is 5.63. The summed E-state index contributed by atoms with van der Waals surface area (Å²) in [5, 5.41) is 2.13. The molecule has 5 nitrogen and oxygen atoms in total. The molecule has 0 spiro atoms. The lowest BCUT2D eigenvalue weighted by Gasteiger charge is -2.27. The van der Waals surface area contributed by atoms with Crippen LogP contribution in [0.3, 0.4) is 0 Å². The molecule has 0 fully saturated rings. The van der Waals surface area contributed by atoms with Crippen LogP contribution >= 0.6 is 0 Å². The zero-order valence-electron chi connectivity index (χ0n) is 15.0. The van der Waals surface area contributed by atoms with Gasteiger partial charge in [0.2, 0.25) is 0 Å². The third-order valence-corrected chi connectivity index (χ3v) is 3.19. The van der Waals surface area contributed by atoms with Crippen molar-refractivity contribution in [3.63, 3.8) is 0 Å². The number of hydrogen-bond donors (Lipinski definition) is 1. The number of nitrogens with one attached hydrogen (secondary N) is 1. The summed E-state index contributed by atoms with van der Waals surface area (Å²) < 4.78 is 166. The summed E-state index contributed by atoms with van der Waals surface area (Å²) in [6.07, 6.45) is -23.6. The van der Waals surface area contributed by atoms with Gasteiger partial charge in [0.05, 0.1) is 5.56 Å². The Morgan fingerprint density at radius 3 is 1.23 bits per heavy atom. The molecular formula is C14H11F12NO4. The minimum Gasteiger partial charge on any atom is -0.402 e. The Labute approximate surface area is 164 Å². The lowest BCUT2D eigenvalue weighted by molar-refractivity contribution is -0.291. The summed E-state index contributed by atoms with van der Waals surface area (Å²) in [5.41, 5.74) is -1.51. The highest BCUT2D eigenvalue weighted by atomic mass is 19.4. The highest BCUT2D eigenvalue weighted by Crippen LogP contribution is 2.52. The van der Waals surface area contributed by atoms with Gasteiger partial charge in [-0.3, -0.25) is 0 Å². The largest absolute Gasteiger partial charge is 0.573 e. The van der Waals surface area contributed by atoms with E-state index in [0.717, 1.165) is 14.0 Å².